The molecule has 0 bridgehead atoms. The summed E-state index contributed by atoms with van der Waals surface area (Å²) in [5.41, 5.74) is 6.53. The molecule has 10 heteroatoms. The third-order valence-corrected chi connectivity index (χ3v) is 5.15. The van der Waals surface area contributed by atoms with Crippen molar-refractivity contribution in [1.29, 1.82) is 0 Å². The van der Waals surface area contributed by atoms with Crippen LogP contribution in [-0.2, 0) is 17.9 Å². The number of carbonyl (C=O) groups is 1. The summed E-state index contributed by atoms with van der Waals surface area (Å²) in [4.78, 5) is 33.9. The zero-order chi connectivity index (χ0) is 25.2. The van der Waals surface area contributed by atoms with Crippen molar-refractivity contribution in [3.63, 3.8) is 0 Å². The Morgan fingerprint density at radius 2 is 1.42 bits per heavy atom. The first kappa shape index (κ1) is 24.1. The fourth-order valence-electron chi connectivity index (χ4n) is 3.50. The number of nitrogens with one attached hydrogen (secondary N) is 2. The summed E-state index contributed by atoms with van der Waals surface area (Å²) in [5.74, 6) is -0.0108. The molecule has 0 aliphatic rings. The van der Waals surface area contributed by atoms with Crippen LogP contribution in [0.15, 0.2) is 97.3 Å². The molecule has 4 rings (SSSR count). The van der Waals surface area contributed by atoms with E-state index >= 15 is 0 Å². The van der Waals surface area contributed by atoms with E-state index in [1.807, 2.05) is 66.7 Å². The standard InChI is InChI=1S/C26H24N6O4/c33-23(18-36-22-14-8-3-9-15-22)29-30-25-24(32(34)35)26(28-19-27-25)31(16-20-10-4-1-5-11-20)17-21-12-6-2-7-13-21/h1-15,19H,16-18H2,(H,29,33)(H,27,28,30). The van der Waals surface area contributed by atoms with Crippen molar-refractivity contribution in [2.45, 2.75) is 13.1 Å². The van der Waals surface area contributed by atoms with Crippen molar-refractivity contribution in [1.82, 2.24) is 15.4 Å². The van der Waals surface area contributed by atoms with Crippen LogP contribution < -0.4 is 20.5 Å². The van der Waals surface area contributed by atoms with Crippen LogP contribution in [-0.4, -0.2) is 27.4 Å². The number of nitrogens with zero attached hydrogens (tertiary/aromatic N) is 4. The van der Waals surface area contributed by atoms with Gasteiger partial charge in [-0.2, -0.15) is 0 Å². The van der Waals surface area contributed by atoms with Gasteiger partial charge in [-0.25, -0.2) is 9.97 Å². The van der Waals surface area contributed by atoms with Gasteiger partial charge in [0.2, 0.25) is 11.6 Å². The molecule has 0 atom stereocenters. The Kier molecular flexibility index (Phi) is 8.00. The Hall–Kier alpha value is -4.99. The minimum absolute atomic E-state index is 0.125. The van der Waals surface area contributed by atoms with Gasteiger partial charge in [-0.15, -0.1) is 0 Å². The van der Waals surface area contributed by atoms with Crippen LogP contribution in [0, 0.1) is 10.1 Å². The first-order chi connectivity index (χ1) is 17.6. The zero-order valence-electron chi connectivity index (χ0n) is 19.3. The molecule has 0 fully saturated rings. The Morgan fingerprint density at radius 1 is 0.861 bits per heavy atom. The average molecular weight is 485 g/mol. The molecule has 0 radical (unpaired) electrons. The molecular weight excluding hydrogens is 460 g/mol. The molecule has 0 saturated carbocycles. The SMILES string of the molecule is O=C(COc1ccccc1)NNc1ncnc(N(Cc2ccccc2)Cc2ccccc2)c1[N+](=O)[O-]. The molecule has 0 saturated heterocycles. The van der Waals surface area contributed by atoms with Crippen LogP contribution in [0.3, 0.4) is 0 Å². The second-order valence-corrected chi connectivity index (χ2v) is 7.75. The Balaban J connectivity index is 1.55. The maximum Gasteiger partial charge on any atom is 0.355 e. The van der Waals surface area contributed by atoms with E-state index in [1.165, 1.54) is 6.33 Å². The molecule has 36 heavy (non-hydrogen) atoms. The van der Waals surface area contributed by atoms with Crippen molar-refractivity contribution in [3.8, 4) is 5.75 Å². The average Bonchev–Trinajstić information content (AvgIpc) is 2.92. The van der Waals surface area contributed by atoms with Crippen molar-refractivity contribution >= 4 is 23.2 Å². The lowest BCUT2D eigenvalue weighted by Gasteiger charge is -2.24. The number of amides is 1. The summed E-state index contributed by atoms with van der Waals surface area (Å²) in [6, 6.07) is 28.1. The molecular formula is C26H24N6O4. The number of nitro groups is 1. The van der Waals surface area contributed by atoms with Gasteiger partial charge in [-0.05, 0) is 23.3 Å². The lowest BCUT2D eigenvalue weighted by Crippen LogP contribution is -2.34. The molecule has 2 N–H and O–H groups in total. The van der Waals surface area contributed by atoms with Crippen molar-refractivity contribution in [3.05, 3.63) is 119 Å². The van der Waals surface area contributed by atoms with Gasteiger partial charge in [-0.1, -0.05) is 78.9 Å². The van der Waals surface area contributed by atoms with E-state index in [4.69, 9.17) is 4.74 Å². The number of hydrazine groups is 1. The van der Waals surface area contributed by atoms with Crippen LogP contribution in [0.1, 0.15) is 11.1 Å². The Morgan fingerprint density at radius 3 is 1.97 bits per heavy atom. The smallest absolute Gasteiger partial charge is 0.355 e. The minimum atomic E-state index is -0.562. The summed E-state index contributed by atoms with van der Waals surface area (Å²) < 4.78 is 5.40. The summed E-state index contributed by atoms with van der Waals surface area (Å²) in [5, 5.41) is 12.1. The fourth-order valence-corrected chi connectivity index (χ4v) is 3.50. The highest BCUT2D eigenvalue weighted by Gasteiger charge is 2.28. The third-order valence-electron chi connectivity index (χ3n) is 5.15. The van der Waals surface area contributed by atoms with E-state index in [1.54, 1.807) is 29.2 Å². The highest BCUT2D eigenvalue weighted by Crippen LogP contribution is 2.33. The van der Waals surface area contributed by atoms with Gasteiger partial charge >= 0.3 is 5.69 Å². The summed E-state index contributed by atoms with van der Waals surface area (Å²) >= 11 is 0. The second kappa shape index (κ2) is 11.9. The second-order valence-electron chi connectivity index (χ2n) is 7.75. The van der Waals surface area contributed by atoms with Gasteiger partial charge in [0.1, 0.15) is 12.1 Å². The number of para-hydroxylation sites is 1. The lowest BCUT2D eigenvalue weighted by atomic mass is 10.1. The Bertz CT molecular complexity index is 1250. The maximum absolute atomic E-state index is 12.2. The predicted molar refractivity (Wildman–Crippen MR) is 135 cm³/mol. The molecule has 1 amide bonds. The normalized spacial score (nSPS) is 10.3. The number of hydrogen-bond donors (Lipinski definition) is 2. The van der Waals surface area contributed by atoms with Crippen LogP contribution in [0.25, 0.3) is 0 Å². The van der Waals surface area contributed by atoms with E-state index in [0.717, 1.165) is 11.1 Å². The molecule has 3 aromatic carbocycles. The first-order valence-electron chi connectivity index (χ1n) is 11.1. The number of benzene rings is 3. The molecule has 0 aliphatic carbocycles. The van der Waals surface area contributed by atoms with Crippen molar-refractivity contribution in [2.24, 2.45) is 0 Å². The van der Waals surface area contributed by atoms with Crippen molar-refractivity contribution < 1.29 is 14.5 Å². The molecule has 1 aromatic heterocycles. The monoisotopic (exact) mass is 484 g/mol. The number of rotatable bonds is 11. The van der Waals surface area contributed by atoms with E-state index in [9.17, 15) is 14.9 Å². The lowest BCUT2D eigenvalue weighted by molar-refractivity contribution is -0.383. The summed E-state index contributed by atoms with van der Waals surface area (Å²) in [7, 11) is 0. The number of ether oxygens (including phenoxy) is 1. The van der Waals surface area contributed by atoms with E-state index < -0.39 is 10.8 Å². The number of carbonyl (C=O) groups excluding carboxylic acids is 1. The highest BCUT2D eigenvalue weighted by atomic mass is 16.6. The van der Waals surface area contributed by atoms with Gasteiger partial charge in [-0.3, -0.25) is 25.8 Å². The largest absolute Gasteiger partial charge is 0.484 e. The van der Waals surface area contributed by atoms with Crippen LogP contribution >= 0.6 is 0 Å². The molecule has 1 heterocycles. The molecule has 10 nitrogen and oxygen atoms in total. The molecule has 182 valence electrons. The first-order valence-corrected chi connectivity index (χ1v) is 11.1. The van der Waals surface area contributed by atoms with Crippen LogP contribution in [0.5, 0.6) is 5.75 Å². The van der Waals surface area contributed by atoms with E-state index in [-0.39, 0.29) is 23.9 Å². The number of hydrogen-bond acceptors (Lipinski definition) is 8. The van der Waals surface area contributed by atoms with Gasteiger partial charge in [0.25, 0.3) is 5.91 Å². The van der Waals surface area contributed by atoms with Gasteiger partial charge in [0.15, 0.2) is 6.61 Å². The van der Waals surface area contributed by atoms with Gasteiger partial charge < -0.3 is 9.64 Å². The molecule has 0 spiro atoms. The predicted octanol–water partition coefficient (Wildman–Crippen LogP) is 4.11. The van der Waals surface area contributed by atoms with Gasteiger partial charge in [0, 0.05) is 13.1 Å². The fraction of sp³-hybridized carbons (Fsp3) is 0.115. The quantitative estimate of drug-likeness (QED) is 0.241. The summed E-state index contributed by atoms with van der Waals surface area (Å²) in [6.07, 6.45) is 1.22. The highest BCUT2D eigenvalue weighted by molar-refractivity contribution is 5.80. The molecule has 4 aromatic rings. The minimum Gasteiger partial charge on any atom is -0.484 e. The van der Waals surface area contributed by atoms with Crippen molar-refractivity contribution in [2.75, 3.05) is 16.9 Å². The number of anilines is 2. The Labute approximate surface area is 207 Å². The van der Waals surface area contributed by atoms with Gasteiger partial charge in [0.05, 0.1) is 4.92 Å². The van der Waals surface area contributed by atoms with Crippen LogP contribution in [0.2, 0.25) is 0 Å². The molecule has 0 aliphatic heterocycles. The topological polar surface area (TPSA) is 123 Å². The number of aromatic nitrogens is 2. The molecule has 0 unspecified atom stereocenters. The van der Waals surface area contributed by atoms with E-state index in [2.05, 4.69) is 20.8 Å². The van der Waals surface area contributed by atoms with E-state index in [0.29, 0.717) is 18.8 Å². The summed E-state index contributed by atoms with van der Waals surface area (Å²) in [6.45, 7) is 0.478. The van der Waals surface area contributed by atoms with Crippen LogP contribution in [0.4, 0.5) is 17.3 Å². The third kappa shape index (κ3) is 6.54. The maximum atomic E-state index is 12.2. The zero-order valence-corrected chi connectivity index (χ0v) is 19.3.